The van der Waals surface area contributed by atoms with Crippen LogP contribution in [0.5, 0.6) is 0 Å². The van der Waals surface area contributed by atoms with Gasteiger partial charge in [-0.15, -0.1) is 11.8 Å². The third-order valence-corrected chi connectivity index (χ3v) is 3.19. The molecule has 0 heterocycles. The SMILES string of the molecule is CC(C)CCSc1ccc(B(O)O)cc1. The second kappa shape index (κ2) is 6.21. The second-order valence-electron chi connectivity index (χ2n) is 3.97. The van der Waals surface area contributed by atoms with Crippen molar-refractivity contribution in [3.05, 3.63) is 24.3 Å². The zero-order valence-electron chi connectivity index (χ0n) is 9.18. The van der Waals surface area contributed by atoms with Gasteiger partial charge in [0.05, 0.1) is 0 Å². The molecule has 0 aliphatic carbocycles. The molecule has 0 saturated carbocycles. The summed E-state index contributed by atoms with van der Waals surface area (Å²) >= 11 is 1.81. The molecule has 82 valence electrons. The summed E-state index contributed by atoms with van der Waals surface area (Å²) in [6.07, 6.45) is 1.20. The molecule has 0 amide bonds. The zero-order valence-corrected chi connectivity index (χ0v) is 10.00. The van der Waals surface area contributed by atoms with E-state index in [4.69, 9.17) is 10.0 Å². The predicted molar refractivity (Wildman–Crippen MR) is 66.4 cm³/mol. The van der Waals surface area contributed by atoms with Crippen molar-refractivity contribution in [2.24, 2.45) is 5.92 Å². The molecule has 4 heteroatoms. The minimum atomic E-state index is -1.36. The maximum atomic E-state index is 8.91. The fourth-order valence-corrected chi connectivity index (χ4v) is 2.30. The molecule has 1 rings (SSSR count). The van der Waals surface area contributed by atoms with Gasteiger partial charge in [-0.3, -0.25) is 0 Å². The standard InChI is InChI=1S/C11H17BO2S/c1-9(2)7-8-15-11-5-3-10(4-6-11)12(13)14/h3-6,9,13-14H,7-8H2,1-2H3. The van der Waals surface area contributed by atoms with Crippen LogP contribution in [0.4, 0.5) is 0 Å². The summed E-state index contributed by atoms with van der Waals surface area (Å²) in [6, 6.07) is 7.37. The van der Waals surface area contributed by atoms with Crippen LogP contribution in [0, 0.1) is 5.92 Å². The molecule has 1 aromatic rings. The molecule has 0 radical (unpaired) electrons. The van der Waals surface area contributed by atoms with Gasteiger partial charge in [-0.25, -0.2) is 0 Å². The van der Waals surface area contributed by atoms with Crippen molar-refractivity contribution in [3.8, 4) is 0 Å². The van der Waals surface area contributed by atoms with Gasteiger partial charge < -0.3 is 10.0 Å². The Bertz CT molecular complexity index is 285. The molecule has 0 spiro atoms. The first-order valence-corrected chi connectivity index (χ1v) is 6.17. The molecule has 0 fully saturated rings. The molecular weight excluding hydrogens is 207 g/mol. The fraction of sp³-hybridized carbons (Fsp3) is 0.455. The monoisotopic (exact) mass is 224 g/mol. The van der Waals surface area contributed by atoms with Gasteiger partial charge in [0.15, 0.2) is 0 Å². The lowest BCUT2D eigenvalue weighted by atomic mass is 9.81. The summed E-state index contributed by atoms with van der Waals surface area (Å²) in [5.74, 6) is 1.84. The van der Waals surface area contributed by atoms with E-state index in [9.17, 15) is 0 Å². The average Bonchev–Trinajstić information content (AvgIpc) is 2.18. The van der Waals surface area contributed by atoms with E-state index in [0.29, 0.717) is 5.46 Å². The van der Waals surface area contributed by atoms with Crippen LogP contribution < -0.4 is 5.46 Å². The van der Waals surface area contributed by atoms with Crippen LogP contribution in [-0.4, -0.2) is 22.9 Å². The highest BCUT2D eigenvalue weighted by molar-refractivity contribution is 7.99. The first-order chi connectivity index (χ1) is 7.09. The molecule has 0 aliphatic rings. The summed E-state index contributed by atoms with van der Waals surface area (Å²) in [5, 5.41) is 17.8. The van der Waals surface area contributed by atoms with Gasteiger partial charge in [-0.1, -0.05) is 26.0 Å². The molecule has 1 aromatic carbocycles. The van der Waals surface area contributed by atoms with Gasteiger partial charge in [-0.05, 0) is 35.7 Å². The maximum absolute atomic E-state index is 8.91. The molecule has 2 N–H and O–H groups in total. The zero-order chi connectivity index (χ0) is 11.3. The summed E-state index contributed by atoms with van der Waals surface area (Å²) in [5.41, 5.74) is 0.545. The van der Waals surface area contributed by atoms with Crippen molar-refractivity contribution in [1.82, 2.24) is 0 Å². The topological polar surface area (TPSA) is 40.5 Å². The molecule has 0 atom stereocenters. The van der Waals surface area contributed by atoms with Gasteiger partial charge in [0, 0.05) is 4.90 Å². The summed E-state index contributed by atoms with van der Waals surface area (Å²) < 4.78 is 0. The van der Waals surface area contributed by atoms with E-state index in [0.717, 1.165) is 11.7 Å². The van der Waals surface area contributed by atoms with Crippen molar-refractivity contribution < 1.29 is 10.0 Å². The van der Waals surface area contributed by atoms with E-state index in [1.54, 1.807) is 23.9 Å². The Balaban J connectivity index is 2.43. The smallest absolute Gasteiger partial charge is 0.423 e. The van der Waals surface area contributed by atoms with E-state index in [-0.39, 0.29) is 0 Å². The van der Waals surface area contributed by atoms with Gasteiger partial charge >= 0.3 is 7.12 Å². The van der Waals surface area contributed by atoms with Crippen molar-refractivity contribution in [2.45, 2.75) is 25.2 Å². The number of hydrogen-bond acceptors (Lipinski definition) is 3. The van der Waals surface area contributed by atoms with Crippen molar-refractivity contribution in [3.63, 3.8) is 0 Å². The molecule has 15 heavy (non-hydrogen) atoms. The van der Waals surface area contributed by atoms with E-state index in [2.05, 4.69) is 13.8 Å². The number of rotatable bonds is 5. The molecule has 0 aromatic heterocycles. The molecule has 0 saturated heterocycles. The number of benzene rings is 1. The largest absolute Gasteiger partial charge is 0.488 e. The van der Waals surface area contributed by atoms with Gasteiger partial charge in [0.2, 0.25) is 0 Å². The summed E-state index contributed by atoms with van der Waals surface area (Å²) in [4.78, 5) is 1.18. The Morgan fingerprint density at radius 2 is 1.80 bits per heavy atom. The van der Waals surface area contributed by atoms with Crippen LogP contribution >= 0.6 is 11.8 Å². The molecular formula is C11H17BO2S. The first-order valence-electron chi connectivity index (χ1n) is 5.18. The van der Waals surface area contributed by atoms with Gasteiger partial charge in [0.25, 0.3) is 0 Å². The van der Waals surface area contributed by atoms with E-state index in [1.807, 2.05) is 12.1 Å². The summed E-state index contributed by atoms with van der Waals surface area (Å²) in [7, 11) is -1.36. The molecule has 2 nitrogen and oxygen atoms in total. The summed E-state index contributed by atoms with van der Waals surface area (Å²) in [6.45, 7) is 4.43. The fourth-order valence-electron chi connectivity index (χ4n) is 1.15. The number of hydrogen-bond donors (Lipinski definition) is 2. The normalized spacial score (nSPS) is 10.7. The Hall–Kier alpha value is -0.445. The third-order valence-electron chi connectivity index (χ3n) is 2.14. The minimum Gasteiger partial charge on any atom is -0.423 e. The average molecular weight is 224 g/mol. The van der Waals surface area contributed by atoms with Gasteiger partial charge in [0.1, 0.15) is 0 Å². The highest BCUT2D eigenvalue weighted by Gasteiger charge is 2.09. The Morgan fingerprint density at radius 1 is 1.20 bits per heavy atom. The lowest BCUT2D eigenvalue weighted by Gasteiger charge is -2.05. The Kier molecular flexibility index (Phi) is 5.22. The van der Waals surface area contributed by atoms with Crippen LogP contribution in [-0.2, 0) is 0 Å². The van der Waals surface area contributed by atoms with Crippen LogP contribution in [0.15, 0.2) is 29.2 Å². The van der Waals surface area contributed by atoms with Crippen LogP contribution in [0.1, 0.15) is 20.3 Å². The van der Waals surface area contributed by atoms with Crippen molar-refractivity contribution in [1.29, 1.82) is 0 Å². The predicted octanol–water partition coefficient (Wildman–Crippen LogP) is 1.50. The van der Waals surface area contributed by atoms with E-state index >= 15 is 0 Å². The lowest BCUT2D eigenvalue weighted by molar-refractivity contribution is 0.426. The Morgan fingerprint density at radius 3 is 2.27 bits per heavy atom. The molecule has 0 unspecified atom stereocenters. The van der Waals surface area contributed by atoms with Gasteiger partial charge in [-0.2, -0.15) is 0 Å². The maximum Gasteiger partial charge on any atom is 0.488 e. The lowest BCUT2D eigenvalue weighted by Crippen LogP contribution is -2.29. The number of thioether (sulfide) groups is 1. The third kappa shape index (κ3) is 4.73. The first kappa shape index (κ1) is 12.6. The second-order valence-corrected chi connectivity index (χ2v) is 5.14. The quantitative estimate of drug-likeness (QED) is 0.588. The van der Waals surface area contributed by atoms with Crippen LogP contribution in [0.2, 0.25) is 0 Å². The van der Waals surface area contributed by atoms with Crippen LogP contribution in [0.25, 0.3) is 0 Å². The highest BCUT2D eigenvalue weighted by atomic mass is 32.2. The van der Waals surface area contributed by atoms with E-state index in [1.165, 1.54) is 11.3 Å². The molecule has 0 bridgehead atoms. The van der Waals surface area contributed by atoms with E-state index < -0.39 is 7.12 Å². The minimum absolute atomic E-state index is 0.545. The van der Waals surface area contributed by atoms with Crippen molar-refractivity contribution >= 4 is 24.3 Å². The highest BCUT2D eigenvalue weighted by Crippen LogP contribution is 2.19. The molecule has 0 aliphatic heterocycles. The Labute approximate surface area is 95.9 Å². The van der Waals surface area contributed by atoms with Crippen molar-refractivity contribution in [2.75, 3.05) is 5.75 Å². The van der Waals surface area contributed by atoms with Crippen LogP contribution in [0.3, 0.4) is 0 Å².